The van der Waals surface area contributed by atoms with Gasteiger partial charge >= 0.3 is 5.97 Å². The van der Waals surface area contributed by atoms with Crippen molar-refractivity contribution in [1.82, 2.24) is 9.88 Å². The monoisotopic (exact) mass is 274 g/mol. The molecule has 1 aromatic carbocycles. The summed E-state index contributed by atoms with van der Waals surface area (Å²) in [5.41, 5.74) is 1.17. The zero-order valence-electron chi connectivity index (χ0n) is 11.4. The first-order valence-corrected chi connectivity index (χ1v) is 5.91. The van der Waals surface area contributed by atoms with Crippen molar-refractivity contribution in [3.8, 4) is 0 Å². The Labute approximate surface area is 117 Å². The summed E-state index contributed by atoms with van der Waals surface area (Å²) in [6.07, 6.45) is 2.37. The largest absolute Gasteiger partial charge is 0.480 e. The maximum atomic E-state index is 11.5. The van der Waals surface area contributed by atoms with Gasteiger partial charge in [-0.3, -0.25) is 9.69 Å². The number of aliphatic carboxylic acids is 1. The lowest BCUT2D eigenvalue weighted by molar-refractivity contribution is -0.148. The third-order valence-corrected chi connectivity index (χ3v) is 3.66. The molecule has 0 saturated carbocycles. The summed E-state index contributed by atoms with van der Waals surface area (Å²) >= 11 is 0. The third kappa shape index (κ3) is 2.72. The van der Waals surface area contributed by atoms with Crippen molar-refractivity contribution in [3.63, 3.8) is 0 Å². The number of H-pyrrole nitrogens is 1. The number of aromatic nitrogens is 1. The van der Waals surface area contributed by atoms with Crippen molar-refractivity contribution >= 4 is 27.8 Å². The van der Waals surface area contributed by atoms with Crippen molar-refractivity contribution < 1.29 is 9.90 Å². The molecule has 4 radical (unpaired) electrons. The van der Waals surface area contributed by atoms with Crippen molar-refractivity contribution in [3.05, 3.63) is 36.0 Å². The van der Waals surface area contributed by atoms with Crippen LogP contribution >= 0.6 is 0 Å². The zero-order valence-corrected chi connectivity index (χ0v) is 12.4. The molecule has 0 saturated heterocycles. The number of hydrogen-bond acceptors (Lipinski definition) is 2. The lowest BCUT2D eigenvalue weighted by atomic mass is 9.91. The molecule has 100 valence electrons. The van der Waals surface area contributed by atoms with Gasteiger partial charge in [0, 0.05) is 34.5 Å². The highest BCUT2D eigenvalue weighted by Crippen LogP contribution is 2.25. The van der Waals surface area contributed by atoms with Crippen molar-refractivity contribution in [2.75, 3.05) is 14.1 Å². The summed E-state index contributed by atoms with van der Waals surface area (Å²) < 4.78 is 0. The topological polar surface area (TPSA) is 56.3 Å². The Kier molecular flexibility index (Phi) is 4.55. The fourth-order valence-electron chi connectivity index (χ4n) is 2.07. The molecule has 1 aromatic heterocycles. The molecular formula is C14H18N2O2Si. The van der Waals surface area contributed by atoms with E-state index < -0.39 is 11.5 Å². The Bertz CT molecular complexity index is 580. The van der Waals surface area contributed by atoms with Gasteiger partial charge in [-0.1, -0.05) is 18.2 Å². The number of hydrogen-bond donors (Lipinski definition) is 2. The Morgan fingerprint density at radius 3 is 2.58 bits per heavy atom. The van der Waals surface area contributed by atoms with Gasteiger partial charge in [0.25, 0.3) is 0 Å². The van der Waals surface area contributed by atoms with Crippen LogP contribution in [0.4, 0.5) is 0 Å². The minimum absolute atomic E-state index is 0. The van der Waals surface area contributed by atoms with E-state index in [0.29, 0.717) is 6.42 Å². The number of rotatable bonds is 4. The predicted octanol–water partition coefficient (Wildman–Crippen LogP) is 1.73. The molecule has 2 rings (SSSR count). The van der Waals surface area contributed by atoms with Gasteiger partial charge in [-0.15, -0.1) is 0 Å². The third-order valence-electron chi connectivity index (χ3n) is 3.66. The molecule has 1 atom stereocenters. The average molecular weight is 274 g/mol. The highest BCUT2D eigenvalue weighted by Gasteiger charge is 2.36. The molecule has 0 aliphatic carbocycles. The number of likely N-dealkylation sites (N-methyl/N-ethyl adjacent to an activating group) is 1. The number of nitrogens with zero attached hydrogens (tertiary/aromatic N) is 1. The van der Waals surface area contributed by atoms with E-state index in [2.05, 4.69) is 4.98 Å². The summed E-state index contributed by atoms with van der Waals surface area (Å²) in [6.45, 7) is 1.75. The Morgan fingerprint density at radius 2 is 2.00 bits per heavy atom. The van der Waals surface area contributed by atoms with Crippen molar-refractivity contribution in [2.24, 2.45) is 0 Å². The molecule has 1 unspecified atom stereocenters. The number of carboxylic acid groups (broad SMARTS) is 1. The summed E-state index contributed by atoms with van der Waals surface area (Å²) in [7, 11) is 3.59. The summed E-state index contributed by atoms with van der Waals surface area (Å²) in [5, 5.41) is 10.5. The highest BCUT2D eigenvalue weighted by atomic mass is 28.1. The van der Waals surface area contributed by atoms with E-state index in [9.17, 15) is 9.90 Å². The van der Waals surface area contributed by atoms with Gasteiger partial charge in [-0.05, 0) is 32.6 Å². The normalized spacial score (nSPS) is 14.1. The maximum absolute atomic E-state index is 11.5. The van der Waals surface area contributed by atoms with Crippen LogP contribution in [0.1, 0.15) is 12.5 Å². The summed E-state index contributed by atoms with van der Waals surface area (Å²) in [6, 6.07) is 7.93. The van der Waals surface area contributed by atoms with Crippen LogP contribution in [0, 0.1) is 0 Å². The Morgan fingerprint density at radius 1 is 1.37 bits per heavy atom. The molecule has 4 nitrogen and oxygen atoms in total. The predicted molar refractivity (Wildman–Crippen MR) is 77.5 cm³/mol. The maximum Gasteiger partial charge on any atom is 0.324 e. The van der Waals surface area contributed by atoms with Crippen molar-refractivity contribution in [1.29, 1.82) is 0 Å². The molecule has 0 bridgehead atoms. The van der Waals surface area contributed by atoms with E-state index >= 15 is 0 Å². The number of nitrogens with one attached hydrogen (secondary N) is 1. The number of carbonyl (C=O) groups is 1. The van der Waals surface area contributed by atoms with Crippen LogP contribution in [0.2, 0.25) is 0 Å². The van der Waals surface area contributed by atoms with Gasteiger partial charge in [0.1, 0.15) is 5.54 Å². The molecule has 0 aliphatic heterocycles. The second kappa shape index (κ2) is 5.58. The first kappa shape index (κ1) is 15.5. The standard InChI is InChI=1S/C14H18N2O2.Si/c1-14(13(17)18,16(2)3)8-10-9-15-12-7-5-4-6-11(10)12;/h4-7,9,15H,8H2,1-3H3,(H,17,18);. The number of para-hydroxylation sites is 1. The number of aromatic amines is 1. The fourth-order valence-corrected chi connectivity index (χ4v) is 2.07. The van der Waals surface area contributed by atoms with Crippen LogP contribution in [-0.2, 0) is 11.2 Å². The number of benzene rings is 1. The van der Waals surface area contributed by atoms with Crippen molar-refractivity contribution in [2.45, 2.75) is 18.9 Å². The SMILES string of the molecule is CN(C)C(C)(Cc1c[nH]c2ccccc12)C(=O)O.[Si]. The zero-order chi connectivity index (χ0) is 13.3. The molecule has 0 aliphatic rings. The second-order valence-electron chi connectivity index (χ2n) is 5.01. The van der Waals surface area contributed by atoms with Crippen LogP contribution in [0.3, 0.4) is 0 Å². The van der Waals surface area contributed by atoms with E-state index in [4.69, 9.17) is 0 Å². The quantitative estimate of drug-likeness (QED) is 0.835. The Hall–Kier alpha value is -1.59. The molecular weight excluding hydrogens is 256 g/mol. The van der Waals surface area contributed by atoms with E-state index in [0.717, 1.165) is 16.5 Å². The fraction of sp³-hybridized carbons (Fsp3) is 0.357. The van der Waals surface area contributed by atoms with Crippen LogP contribution in [0.25, 0.3) is 10.9 Å². The average Bonchev–Trinajstić information content (AvgIpc) is 2.72. The molecule has 0 spiro atoms. The first-order valence-electron chi connectivity index (χ1n) is 5.91. The van der Waals surface area contributed by atoms with Gasteiger partial charge in [0.2, 0.25) is 0 Å². The smallest absolute Gasteiger partial charge is 0.324 e. The molecule has 0 fully saturated rings. The number of carboxylic acids is 1. The Balaban J connectivity index is 0.00000180. The van der Waals surface area contributed by atoms with E-state index in [-0.39, 0.29) is 11.0 Å². The van der Waals surface area contributed by atoms with Crippen LogP contribution in [-0.4, -0.2) is 51.6 Å². The minimum Gasteiger partial charge on any atom is -0.480 e. The molecule has 2 aromatic rings. The molecule has 1 heterocycles. The molecule has 5 heteroatoms. The van der Waals surface area contributed by atoms with Gasteiger partial charge in [0.05, 0.1) is 0 Å². The van der Waals surface area contributed by atoms with E-state index in [1.54, 1.807) is 25.9 Å². The van der Waals surface area contributed by atoms with E-state index in [1.807, 2.05) is 30.5 Å². The summed E-state index contributed by atoms with van der Waals surface area (Å²) in [4.78, 5) is 16.4. The van der Waals surface area contributed by atoms with Gasteiger partial charge in [-0.2, -0.15) is 0 Å². The lowest BCUT2D eigenvalue weighted by Gasteiger charge is -2.31. The second-order valence-corrected chi connectivity index (χ2v) is 5.01. The highest BCUT2D eigenvalue weighted by molar-refractivity contribution is 5.85. The van der Waals surface area contributed by atoms with Crippen LogP contribution < -0.4 is 0 Å². The first-order chi connectivity index (χ1) is 8.45. The van der Waals surface area contributed by atoms with E-state index in [1.165, 1.54) is 0 Å². The minimum atomic E-state index is -0.898. The van der Waals surface area contributed by atoms with Gasteiger partial charge in [0.15, 0.2) is 0 Å². The molecule has 2 N–H and O–H groups in total. The summed E-state index contributed by atoms with van der Waals surface area (Å²) in [5.74, 6) is -0.808. The lowest BCUT2D eigenvalue weighted by Crippen LogP contribution is -2.50. The van der Waals surface area contributed by atoms with Crippen LogP contribution in [0.5, 0.6) is 0 Å². The molecule has 0 amide bonds. The molecule has 19 heavy (non-hydrogen) atoms. The van der Waals surface area contributed by atoms with Crippen LogP contribution in [0.15, 0.2) is 30.5 Å². The number of fused-ring (bicyclic) bond motifs is 1. The van der Waals surface area contributed by atoms with Gasteiger partial charge in [-0.25, -0.2) is 0 Å². The van der Waals surface area contributed by atoms with Gasteiger partial charge < -0.3 is 10.1 Å².